The summed E-state index contributed by atoms with van der Waals surface area (Å²) in [6.45, 7) is -0.208. The highest BCUT2D eigenvalue weighted by atomic mass is 16.6. The first-order valence-corrected chi connectivity index (χ1v) is 10.8. The van der Waals surface area contributed by atoms with E-state index in [1.807, 2.05) is 0 Å². The monoisotopic (exact) mass is 524 g/mol. The van der Waals surface area contributed by atoms with Gasteiger partial charge in [0.05, 0.1) is 32.8 Å². The highest BCUT2D eigenvalue weighted by Gasteiger charge is 2.34. The summed E-state index contributed by atoms with van der Waals surface area (Å²) in [4.78, 5) is 52.0. The number of furan rings is 1. The van der Waals surface area contributed by atoms with Crippen molar-refractivity contribution in [1.82, 2.24) is 15.2 Å². The number of rotatable bonds is 9. The minimum Gasteiger partial charge on any atom is -0.493 e. The van der Waals surface area contributed by atoms with Crippen LogP contribution in [0, 0.1) is 10.1 Å². The van der Waals surface area contributed by atoms with E-state index in [2.05, 4.69) is 15.0 Å². The molecule has 2 aromatic heterocycles. The Morgan fingerprint density at radius 3 is 2.42 bits per heavy atom. The average molecular weight is 524 g/mol. The number of imide groups is 1. The Morgan fingerprint density at radius 1 is 1.13 bits per heavy atom. The van der Waals surface area contributed by atoms with Gasteiger partial charge in [-0.3, -0.25) is 19.8 Å². The summed E-state index contributed by atoms with van der Waals surface area (Å²) in [6.07, 6.45) is 2.47. The topological polar surface area (TPSA) is 173 Å². The van der Waals surface area contributed by atoms with Crippen molar-refractivity contribution in [3.8, 4) is 23.1 Å². The van der Waals surface area contributed by atoms with Crippen LogP contribution in [0.4, 0.5) is 10.5 Å². The highest BCUT2D eigenvalue weighted by molar-refractivity contribution is 6.13. The molecule has 4 rings (SSSR count). The molecule has 0 spiro atoms. The third kappa shape index (κ3) is 5.23. The number of nitrogens with zero attached hydrogens (tertiary/aromatic N) is 3. The Labute approximate surface area is 214 Å². The van der Waals surface area contributed by atoms with Gasteiger partial charge in [-0.1, -0.05) is 0 Å². The minimum absolute atomic E-state index is 0.0236. The Bertz CT molecular complexity index is 1420. The molecule has 1 aliphatic rings. The second-order valence-electron chi connectivity index (χ2n) is 7.61. The van der Waals surface area contributed by atoms with Crippen molar-refractivity contribution in [2.45, 2.75) is 6.54 Å². The predicted molar refractivity (Wildman–Crippen MR) is 128 cm³/mol. The number of carbonyl (C=O) groups is 3. The van der Waals surface area contributed by atoms with E-state index in [1.54, 1.807) is 0 Å². The molecule has 0 unspecified atom stereocenters. The maximum atomic E-state index is 12.9. The fourth-order valence-corrected chi connectivity index (χ4v) is 3.44. The van der Waals surface area contributed by atoms with Crippen LogP contribution in [-0.4, -0.2) is 54.0 Å². The van der Waals surface area contributed by atoms with Gasteiger partial charge in [0.25, 0.3) is 11.6 Å². The fourth-order valence-electron chi connectivity index (χ4n) is 3.44. The number of carbonyl (C=O) groups excluding carboxylic acids is 3. The van der Waals surface area contributed by atoms with Crippen molar-refractivity contribution in [2.75, 3.05) is 21.3 Å². The van der Waals surface area contributed by atoms with Gasteiger partial charge in [-0.15, -0.1) is 0 Å². The zero-order chi connectivity index (χ0) is 27.4. The van der Waals surface area contributed by atoms with Crippen molar-refractivity contribution in [1.29, 1.82) is 0 Å². The number of benzene rings is 1. The van der Waals surface area contributed by atoms with Crippen LogP contribution in [0.15, 0.2) is 52.7 Å². The number of hydrogen-bond donors (Lipinski definition) is 1. The molecule has 38 heavy (non-hydrogen) atoms. The van der Waals surface area contributed by atoms with E-state index < -0.39 is 22.8 Å². The largest absolute Gasteiger partial charge is 0.493 e. The van der Waals surface area contributed by atoms with Crippen LogP contribution in [0.5, 0.6) is 23.1 Å². The van der Waals surface area contributed by atoms with Gasteiger partial charge < -0.3 is 28.7 Å². The Balaban J connectivity index is 1.57. The smallest absolute Gasteiger partial charge is 0.373 e. The van der Waals surface area contributed by atoms with Crippen molar-refractivity contribution in [3.05, 3.63) is 75.5 Å². The number of esters is 1. The molecule has 1 N–H and O–H groups in total. The molecule has 3 aromatic rings. The lowest BCUT2D eigenvalue weighted by Crippen LogP contribution is -2.30. The Morgan fingerprint density at radius 2 is 1.84 bits per heavy atom. The molecular weight excluding hydrogens is 504 g/mol. The lowest BCUT2D eigenvalue weighted by Gasteiger charge is -2.14. The number of hydrogen-bond acceptors (Lipinski definition) is 11. The summed E-state index contributed by atoms with van der Waals surface area (Å²) in [6, 6.07) is 7.79. The Hall–Kier alpha value is -5.40. The van der Waals surface area contributed by atoms with Gasteiger partial charge in [0.2, 0.25) is 17.4 Å². The minimum atomic E-state index is -0.686. The summed E-state index contributed by atoms with van der Waals surface area (Å²) < 4.78 is 26.5. The lowest BCUT2D eigenvalue weighted by atomic mass is 10.1. The van der Waals surface area contributed by atoms with Crippen LogP contribution in [0.2, 0.25) is 0 Å². The third-order valence-electron chi connectivity index (χ3n) is 5.26. The van der Waals surface area contributed by atoms with Crippen LogP contribution < -0.4 is 19.5 Å². The predicted octanol–water partition coefficient (Wildman–Crippen LogP) is 3.27. The third-order valence-corrected chi connectivity index (χ3v) is 5.26. The second kappa shape index (κ2) is 10.7. The molecule has 0 aliphatic carbocycles. The fraction of sp³-hybridized carbons (Fsp3) is 0.167. The van der Waals surface area contributed by atoms with Crippen molar-refractivity contribution in [2.24, 2.45) is 0 Å². The van der Waals surface area contributed by atoms with Crippen LogP contribution in [0.1, 0.15) is 21.9 Å². The van der Waals surface area contributed by atoms with Gasteiger partial charge in [0.1, 0.15) is 17.7 Å². The molecule has 1 saturated heterocycles. The molecule has 1 aliphatic heterocycles. The van der Waals surface area contributed by atoms with E-state index in [0.29, 0.717) is 5.56 Å². The van der Waals surface area contributed by atoms with Crippen LogP contribution in [0.25, 0.3) is 6.08 Å². The Kier molecular flexibility index (Phi) is 7.23. The van der Waals surface area contributed by atoms with Gasteiger partial charge in [0, 0.05) is 12.1 Å². The lowest BCUT2D eigenvalue weighted by molar-refractivity contribution is -0.385. The molecule has 0 saturated carbocycles. The number of ether oxygens (including phenoxy) is 4. The first-order valence-electron chi connectivity index (χ1n) is 10.8. The van der Waals surface area contributed by atoms with Crippen LogP contribution in [0.3, 0.4) is 0 Å². The molecule has 14 nitrogen and oxygen atoms in total. The molecule has 0 radical (unpaired) electrons. The zero-order valence-electron chi connectivity index (χ0n) is 20.3. The molecule has 0 atom stereocenters. The average Bonchev–Trinajstić information content (AvgIpc) is 3.49. The quantitative estimate of drug-likeness (QED) is 0.143. The highest BCUT2D eigenvalue weighted by Crippen LogP contribution is 2.41. The van der Waals surface area contributed by atoms with Gasteiger partial charge in [-0.25, -0.2) is 14.6 Å². The summed E-state index contributed by atoms with van der Waals surface area (Å²) in [5.41, 5.74) is 0.204. The van der Waals surface area contributed by atoms with E-state index >= 15 is 0 Å². The van der Waals surface area contributed by atoms with E-state index in [-0.39, 0.29) is 52.6 Å². The van der Waals surface area contributed by atoms with Gasteiger partial charge in [-0.2, -0.15) is 0 Å². The van der Waals surface area contributed by atoms with E-state index in [0.717, 1.165) is 11.1 Å². The summed E-state index contributed by atoms with van der Waals surface area (Å²) in [5.74, 6) is -0.558. The van der Waals surface area contributed by atoms with E-state index in [1.165, 1.54) is 63.8 Å². The first kappa shape index (κ1) is 25.7. The summed E-state index contributed by atoms with van der Waals surface area (Å²) in [5, 5.41) is 13.3. The molecular formula is C24H20N4O10. The number of nitro groups is 1. The molecule has 3 amide bonds. The first-order chi connectivity index (χ1) is 18.2. The SMILES string of the molecule is COC(=O)c1ccc(CN2C(=O)N/C(=C\c3cc(OC)c(Oc4ccc([N+](=O)[O-])cn4)c(OC)c3)C2=O)o1. The molecule has 1 fully saturated rings. The zero-order valence-corrected chi connectivity index (χ0v) is 20.3. The van der Waals surface area contributed by atoms with Crippen molar-refractivity contribution >= 4 is 29.7 Å². The molecule has 0 bridgehead atoms. The summed E-state index contributed by atoms with van der Waals surface area (Å²) >= 11 is 0. The van der Waals surface area contributed by atoms with Gasteiger partial charge in [0.15, 0.2) is 11.5 Å². The number of nitrogens with one attached hydrogen (secondary N) is 1. The van der Waals surface area contributed by atoms with Gasteiger partial charge >= 0.3 is 12.0 Å². The maximum Gasteiger partial charge on any atom is 0.373 e. The molecule has 196 valence electrons. The van der Waals surface area contributed by atoms with E-state index in [9.17, 15) is 24.5 Å². The van der Waals surface area contributed by atoms with Crippen LogP contribution in [-0.2, 0) is 16.1 Å². The number of methoxy groups -OCH3 is 3. The molecule has 1 aromatic carbocycles. The normalized spacial score (nSPS) is 13.9. The maximum absolute atomic E-state index is 12.9. The van der Waals surface area contributed by atoms with Crippen molar-refractivity contribution < 1.29 is 42.7 Å². The van der Waals surface area contributed by atoms with Crippen LogP contribution >= 0.6 is 0 Å². The van der Waals surface area contributed by atoms with Gasteiger partial charge in [-0.05, 0) is 35.9 Å². The van der Waals surface area contributed by atoms with E-state index in [4.69, 9.17) is 18.6 Å². The second-order valence-corrected chi connectivity index (χ2v) is 7.61. The summed E-state index contributed by atoms with van der Waals surface area (Å²) in [7, 11) is 3.98. The molecule has 3 heterocycles. The van der Waals surface area contributed by atoms with Crippen molar-refractivity contribution in [3.63, 3.8) is 0 Å². The number of amides is 3. The number of aromatic nitrogens is 1. The number of pyridine rings is 1. The molecule has 14 heteroatoms. The standard InChI is InChI=1S/C24H20N4O10/c1-34-18-9-13(10-19(35-2)21(18)38-20-7-4-14(11-25-20)28(32)33)8-16-22(29)27(24(31)26-16)12-15-5-6-17(37-15)23(30)36-3/h4-11H,12H2,1-3H3,(H,26,31)/b16-8-. The number of urea groups is 1.